The van der Waals surface area contributed by atoms with E-state index in [1.165, 1.54) is 0 Å². The van der Waals surface area contributed by atoms with Crippen LogP contribution in [0, 0.1) is 0 Å². The van der Waals surface area contributed by atoms with E-state index in [1.54, 1.807) is 6.20 Å². The number of anilines is 1. The highest BCUT2D eigenvalue weighted by Crippen LogP contribution is 2.19. The van der Waals surface area contributed by atoms with Gasteiger partial charge in [0.1, 0.15) is 5.69 Å². The molecule has 2 heterocycles. The Morgan fingerprint density at radius 1 is 1.62 bits per heavy atom. The van der Waals surface area contributed by atoms with Crippen molar-refractivity contribution in [1.82, 2.24) is 10.2 Å². The molecule has 0 atom stereocenters. The summed E-state index contributed by atoms with van der Waals surface area (Å²) >= 11 is 0. The first-order valence-electron chi connectivity index (χ1n) is 2.51. The van der Waals surface area contributed by atoms with Crippen molar-refractivity contribution in [2.24, 2.45) is 0 Å². The van der Waals surface area contributed by atoms with Crippen LogP contribution in [0.1, 0.15) is 5.69 Å². The van der Waals surface area contributed by atoms with E-state index >= 15 is 0 Å². The highest BCUT2D eigenvalue weighted by molar-refractivity contribution is 5.54. The maximum Gasteiger partial charge on any atom is 0.105 e. The lowest BCUT2D eigenvalue weighted by Gasteiger charge is -2.17. The highest BCUT2D eigenvalue weighted by Gasteiger charge is 2.10. The number of hydrogen-bond donors (Lipinski definition) is 1. The average Bonchev–Trinajstić information content (AvgIpc) is 1.72. The summed E-state index contributed by atoms with van der Waals surface area (Å²) in [5.41, 5.74) is 2.20. The van der Waals surface area contributed by atoms with Crippen molar-refractivity contribution in [3.63, 3.8) is 0 Å². The quantitative estimate of drug-likeness (QED) is 0.521. The van der Waals surface area contributed by atoms with E-state index in [1.807, 2.05) is 6.07 Å². The Hall–Kier alpha value is -1.12. The molecule has 1 aliphatic rings. The van der Waals surface area contributed by atoms with Crippen molar-refractivity contribution >= 4 is 5.69 Å². The minimum atomic E-state index is 0.878. The maximum absolute atomic E-state index is 3.85. The molecule has 3 nitrogen and oxygen atoms in total. The fourth-order valence-electron chi connectivity index (χ4n) is 0.725. The second-order valence-electron chi connectivity index (χ2n) is 1.75. The summed E-state index contributed by atoms with van der Waals surface area (Å²) in [5, 5.41) is 10.6. The normalized spacial score (nSPS) is 13.5. The summed E-state index contributed by atoms with van der Waals surface area (Å²) in [4.78, 5) is 0. The van der Waals surface area contributed by atoms with Gasteiger partial charge in [-0.05, 0) is 6.07 Å². The van der Waals surface area contributed by atoms with Crippen molar-refractivity contribution in [2.75, 3.05) is 5.32 Å². The van der Waals surface area contributed by atoms with Crippen LogP contribution in [-0.2, 0) is 6.54 Å². The van der Waals surface area contributed by atoms with Crippen LogP contribution in [0.15, 0.2) is 12.3 Å². The molecule has 1 N–H and O–H groups in total. The third-order valence-electron chi connectivity index (χ3n) is 1.24. The molecule has 0 saturated carbocycles. The van der Waals surface area contributed by atoms with Crippen LogP contribution in [0.3, 0.4) is 0 Å². The van der Waals surface area contributed by atoms with Gasteiger partial charge in [-0.1, -0.05) is 0 Å². The van der Waals surface area contributed by atoms with E-state index in [2.05, 4.69) is 15.5 Å². The molecule has 40 valence electrons. The molecule has 1 aromatic heterocycles. The molecule has 1 aliphatic heterocycles. The van der Waals surface area contributed by atoms with Gasteiger partial charge in [0.05, 0.1) is 18.4 Å². The van der Waals surface area contributed by atoms with Gasteiger partial charge in [-0.15, -0.1) is 0 Å². The molecule has 0 amide bonds. The summed E-state index contributed by atoms with van der Waals surface area (Å²) < 4.78 is 0. The van der Waals surface area contributed by atoms with Crippen LogP contribution in [0.2, 0.25) is 0 Å². The molecule has 2 rings (SSSR count). The van der Waals surface area contributed by atoms with Gasteiger partial charge in [-0.2, -0.15) is 10.2 Å². The molecule has 0 saturated heterocycles. The molecular formula is C5H5N3. The minimum absolute atomic E-state index is 0.878. The first kappa shape index (κ1) is 3.83. The van der Waals surface area contributed by atoms with Gasteiger partial charge in [0.25, 0.3) is 0 Å². The van der Waals surface area contributed by atoms with Gasteiger partial charge in [0.2, 0.25) is 0 Å². The number of fused-ring (bicyclic) bond motifs is 1. The Bertz CT molecular complexity index is 186. The molecule has 0 unspecified atom stereocenters. The summed E-state index contributed by atoms with van der Waals surface area (Å²) in [6, 6.07) is 1.92. The smallest absolute Gasteiger partial charge is 0.105 e. The van der Waals surface area contributed by atoms with Gasteiger partial charge in [-0.3, -0.25) is 0 Å². The predicted octanol–water partition coefficient (Wildman–Crippen LogP) is 0.402. The van der Waals surface area contributed by atoms with Gasteiger partial charge < -0.3 is 5.32 Å². The maximum atomic E-state index is 3.85. The van der Waals surface area contributed by atoms with Crippen molar-refractivity contribution < 1.29 is 0 Å². The molecule has 0 fully saturated rings. The molecule has 3 heteroatoms. The number of nitrogens with one attached hydrogen (secondary N) is 1. The van der Waals surface area contributed by atoms with E-state index in [-0.39, 0.29) is 0 Å². The van der Waals surface area contributed by atoms with Crippen LogP contribution in [-0.4, -0.2) is 10.2 Å². The first-order chi connectivity index (χ1) is 3.97. The topological polar surface area (TPSA) is 37.8 Å². The summed E-state index contributed by atoms with van der Waals surface area (Å²) in [7, 11) is 0. The van der Waals surface area contributed by atoms with Gasteiger partial charge in [0, 0.05) is 0 Å². The molecular weight excluding hydrogens is 102 g/mol. The lowest BCUT2D eigenvalue weighted by molar-refractivity contribution is 0.873. The molecule has 0 spiro atoms. The largest absolute Gasteiger partial charge is 0.378 e. The monoisotopic (exact) mass is 107 g/mol. The second kappa shape index (κ2) is 1.18. The van der Waals surface area contributed by atoms with Crippen molar-refractivity contribution in [3.8, 4) is 0 Å². The highest BCUT2D eigenvalue weighted by atomic mass is 15.1. The number of rotatable bonds is 0. The van der Waals surface area contributed by atoms with Crippen LogP contribution >= 0.6 is 0 Å². The Morgan fingerprint density at radius 2 is 2.62 bits per heavy atom. The Morgan fingerprint density at radius 3 is 3.00 bits per heavy atom. The third-order valence-corrected chi connectivity index (χ3v) is 1.24. The first-order valence-corrected chi connectivity index (χ1v) is 2.51. The van der Waals surface area contributed by atoms with E-state index in [0.29, 0.717) is 0 Å². The summed E-state index contributed by atoms with van der Waals surface area (Å²) in [6.45, 7) is 0.878. The van der Waals surface area contributed by atoms with Crippen LogP contribution in [0.25, 0.3) is 0 Å². The lowest BCUT2D eigenvalue weighted by atomic mass is 10.2. The Labute approximate surface area is 46.7 Å². The predicted molar refractivity (Wildman–Crippen MR) is 29.4 cm³/mol. The number of hydrogen-bond acceptors (Lipinski definition) is 3. The average molecular weight is 107 g/mol. The Kier molecular flexibility index (Phi) is 0.566. The van der Waals surface area contributed by atoms with E-state index in [0.717, 1.165) is 17.9 Å². The summed E-state index contributed by atoms with van der Waals surface area (Å²) in [5.74, 6) is 0. The molecule has 1 aromatic rings. The van der Waals surface area contributed by atoms with Crippen molar-refractivity contribution in [1.29, 1.82) is 0 Å². The minimum Gasteiger partial charge on any atom is -0.378 e. The second-order valence-corrected chi connectivity index (χ2v) is 1.75. The Balaban J connectivity index is 2.62. The number of nitrogens with zero attached hydrogens (tertiary/aromatic N) is 2. The fraction of sp³-hybridized carbons (Fsp3) is 0.200. The SMILES string of the molecule is c1cc2c(nn1)CN2. The molecule has 0 aliphatic carbocycles. The number of aromatic nitrogens is 2. The van der Waals surface area contributed by atoms with Gasteiger partial charge in [0.15, 0.2) is 0 Å². The van der Waals surface area contributed by atoms with E-state index in [9.17, 15) is 0 Å². The van der Waals surface area contributed by atoms with E-state index < -0.39 is 0 Å². The molecule has 0 radical (unpaired) electrons. The third kappa shape index (κ3) is 0.332. The van der Waals surface area contributed by atoms with Crippen LogP contribution in [0.5, 0.6) is 0 Å². The van der Waals surface area contributed by atoms with Gasteiger partial charge >= 0.3 is 0 Å². The van der Waals surface area contributed by atoms with Crippen LogP contribution < -0.4 is 5.32 Å². The molecule has 8 heavy (non-hydrogen) atoms. The van der Waals surface area contributed by atoms with Gasteiger partial charge in [-0.25, -0.2) is 0 Å². The zero-order chi connectivity index (χ0) is 5.40. The standard InChI is InChI=1S/C5H5N3/c1-2-7-8-5-3-6-4(1)5/h1-2,6H,3H2. The zero-order valence-corrected chi connectivity index (χ0v) is 4.26. The summed E-state index contributed by atoms with van der Waals surface area (Å²) in [6.07, 6.45) is 1.69. The molecule has 0 aromatic carbocycles. The van der Waals surface area contributed by atoms with Crippen molar-refractivity contribution in [2.45, 2.75) is 6.54 Å². The fourth-order valence-corrected chi connectivity index (χ4v) is 0.725. The van der Waals surface area contributed by atoms with E-state index in [4.69, 9.17) is 0 Å². The zero-order valence-electron chi connectivity index (χ0n) is 4.26. The van der Waals surface area contributed by atoms with Crippen LogP contribution in [0.4, 0.5) is 5.69 Å². The lowest BCUT2D eigenvalue weighted by Crippen LogP contribution is -2.15. The molecule has 0 bridgehead atoms. The van der Waals surface area contributed by atoms with Crippen molar-refractivity contribution in [3.05, 3.63) is 18.0 Å².